The first kappa shape index (κ1) is 15.7. The maximum atomic E-state index is 10.8. The average molecular weight is 314 g/mol. The Morgan fingerprint density at radius 2 is 1.87 bits per heavy atom. The highest BCUT2D eigenvalue weighted by Gasteiger charge is 2.32. The Balaban J connectivity index is 1.70. The summed E-state index contributed by atoms with van der Waals surface area (Å²) in [6.45, 7) is 5.39. The first-order valence-corrected chi connectivity index (χ1v) is 8.03. The molecule has 1 fully saturated rings. The molecule has 1 aliphatic heterocycles. The second kappa shape index (κ2) is 6.50. The number of nitrogens with zero attached hydrogens (tertiary/aromatic N) is 4. The molecule has 6 heteroatoms. The molecule has 1 aromatic heterocycles. The summed E-state index contributed by atoms with van der Waals surface area (Å²) in [5.41, 5.74) is 1.39. The third kappa shape index (κ3) is 3.42. The molecule has 0 unspecified atom stereocenters. The van der Waals surface area contributed by atoms with Crippen molar-refractivity contribution in [3.8, 4) is 0 Å². The fraction of sp³-hybridized carbons (Fsp3) is 0.471. The quantitative estimate of drug-likeness (QED) is 0.641. The van der Waals surface area contributed by atoms with Crippen molar-refractivity contribution in [2.45, 2.75) is 51.4 Å². The highest BCUT2D eigenvalue weighted by atomic mass is 16.6. The maximum absolute atomic E-state index is 10.8. The summed E-state index contributed by atoms with van der Waals surface area (Å²) < 4.78 is 1.77. The molecule has 2 aromatic rings. The summed E-state index contributed by atoms with van der Waals surface area (Å²) in [6.07, 6.45) is 4.80. The fourth-order valence-corrected chi connectivity index (χ4v) is 3.53. The summed E-state index contributed by atoms with van der Waals surface area (Å²) in [6, 6.07) is 11.5. The van der Waals surface area contributed by atoms with E-state index >= 15 is 0 Å². The Morgan fingerprint density at radius 1 is 1.22 bits per heavy atom. The second-order valence-corrected chi connectivity index (χ2v) is 6.42. The van der Waals surface area contributed by atoms with Gasteiger partial charge in [0.15, 0.2) is 0 Å². The van der Waals surface area contributed by atoms with Crippen molar-refractivity contribution in [1.82, 2.24) is 14.7 Å². The summed E-state index contributed by atoms with van der Waals surface area (Å²) in [5.74, 6) is 0. The number of hydrogen-bond acceptors (Lipinski definition) is 4. The van der Waals surface area contributed by atoms with Crippen LogP contribution in [0, 0.1) is 10.1 Å². The van der Waals surface area contributed by atoms with E-state index in [4.69, 9.17) is 0 Å². The van der Waals surface area contributed by atoms with Crippen molar-refractivity contribution in [3.05, 3.63) is 58.4 Å². The molecule has 0 amide bonds. The van der Waals surface area contributed by atoms with Crippen LogP contribution in [0.25, 0.3) is 0 Å². The van der Waals surface area contributed by atoms with Crippen LogP contribution in [0.5, 0.6) is 0 Å². The van der Waals surface area contributed by atoms with Gasteiger partial charge in [-0.25, -0.2) is 0 Å². The van der Waals surface area contributed by atoms with Crippen LogP contribution in [0.15, 0.2) is 42.7 Å². The smallest absolute Gasteiger partial charge is 0.294 e. The van der Waals surface area contributed by atoms with Crippen LogP contribution in [-0.2, 0) is 6.54 Å². The zero-order valence-corrected chi connectivity index (χ0v) is 13.5. The lowest BCUT2D eigenvalue weighted by Gasteiger charge is -2.42. The number of hydrogen-bond donors (Lipinski definition) is 0. The molecule has 23 heavy (non-hydrogen) atoms. The van der Waals surface area contributed by atoms with Crippen LogP contribution in [0.3, 0.4) is 0 Å². The third-order valence-corrected chi connectivity index (χ3v) is 4.74. The lowest BCUT2D eigenvalue weighted by Crippen LogP contribution is -2.46. The Kier molecular flexibility index (Phi) is 4.43. The van der Waals surface area contributed by atoms with Crippen molar-refractivity contribution in [1.29, 1.82) is 0 Å². The third-order valence-electron chi connectivity index (χ3n) is 4.74. The molecule has 1 saturated heterocycles. The molecule has 0 radical (unpaired) electrons. The predicted octanol–water partition coefficient (Wildman–Crippen LogP) is 3.41. The molecule has 2 heterocycles. The number of piperidine rings is 1. The van der Waals surface area contributed by atoms with Crippen LogP contribution < -0.4 is 0 Å². The highest BCUT2D eigenvalue weighted by Crippen LogP contribution is 2.32. The topological polar surface area (TPSA) is 64.2 Å². The largest absolute Gasteiger partial charge is 0.307 e. The molecular weight excluding hydrogens is 292 g/mol. The van der Waals surface area contributed by atoms with Crippen LogP contribution in [0.2, 0.25) is 0 Å². The van der Waals surface area contributed by atoms with Crippen LogP contribution in [0.1, 0.15) is 38.3 Å². The summed E-state index contributed by atoms with van der Waals surface area (Å²) in [4.78, 5) is 12.9. The van der Waals surface area contributed by atoms with E-state index in [1.807, 2.05) is 6.07 Å². The molecular formula is C17H22N4O2. The molecule has 3 atom stereocenters. The van der Waals surface area contributed by atoms with E-state index in [1.165, 1.54) is 11.8 Å². The Hall–Kier alpha value is -2.21. The zero-order valence-electron chi connectivity index (χ0n) is 13.5. The van der Waals surface area contributed by atoms with Gasteiger partial charge in [0.05, 0.1) is 11.0 Å². The number of nitro groups is 1. The van der Waals surface area contributed by atoms with E-state index in [0.29, 0.717) is 12.1 Å². The maximum Gasteiger partial charge on any atom is 0.307 e. The van der Waals surface area contributed by atoms with Gasteiger partial charge in [-0.2, -0.15) is 5.10 Å². The monoisotopic (exact) mass is 314 g/mol. The van der Waals surface area contributed by atoms with Gasteiger partial charge in [-0.05, 0) is 32.3 Å². The van der Waals surface area contributed by atoms with Gasteiger partial charge in [0.25, 0.3) is 0 Å². The van der Waals surface area contributed by atoms with Gasteiger partial charge in [-0.3, -0.25) is 19.7 Å². The lowest BCUT2D eigenvalue weighted by atomic mass is 9.92. The molecule has 122 valence electrons. The summed E-state index contributed by atoms with van der Waals surface area (Å²) in [5, 5.41) is 15.0. The predicted molar refractivity (Wildman–Crippen MR) is 88.1 cm³/mol. The lowest BCUT2D eigenvalue weighted by molar-refractivity contribution is -0.385. The number of rotatable bonds is 4. The normalized spacial score (nSPS) is 25.4. The van der Waals surface area contributed by atoms with Crippen molar-refractivity contribution in [2.24, 2.45) is 0 Å². The number of benzene rings is 1. The Labute approximate surface area is 135 Å². The average Bonchev–Trinajstić information content (AvgIpc) is 3.02. The van der Waals surface area contributed by atoms with Crippen LogP contribution in [0.4, 0.5) is 5.69 Å². The molecule has 0 bridgehead atoms. The van der Waals surface area contributed by atoms with Crippen molar-refractivity contribution in [2.75, 3.05) is 0 Å². The molecule has 0 aliphatic carbocycles. The Bertz CT molecular complexity index is 658. The Morgan fingerprint density at radius 3 is 2.43 bits per heavy atom. The van der Waals surface area contributed by atoms with E-state index in [-0.39, 0.29) is 16.7 Å². The molecule has 0 spiro atoms. The number of aromatic nitrogens is 2. The first-order valence-electron chi connectivity index (χ1n) is 8.03. The fourth-order valence-electron chi connectivity index (χ4n) is 3.53. The first-order chi connectivity index (χ1) is 11.0. The van der Waals surface area contributed by atoms with Gasteiger partial charge >= 0.3 is 5.69 Å². The van der Waals surface area contributed by atoms with Gasteiger partial charge in [0, 0.05) is 18.6 Å². The van der Waals surface area contributed by atoms with Gasteiger partial charge in [-0.1, -0.05) is 30.3 Å². The summed E-state index contributed by atoms with van der Waals surface area (Å²) in [7, 11) is 0. The van der Waals surface area contributed by atoms with E-state index in [1.54, 1.807) is 10.9 Å². The molecule has 1 aromatic carbocycles. The van der Waals surface area contributed by atoms with Crippen molar-refractivity contribution < 1.29 is 4.92 Å². The zero-order chi connectivity index (χ0) is 16.4. The van der Waals surface area contributed by atoms with E-state index in [9.17, 15) is 10.1 Å². The van der Waals surface area contributed by atoms with Crippen LogP contribution in [-0.4, -0.2) is 31.7 Å². The van der Waals surface area contributed by atoms with E-state index in [0.717, 1.165) is 19.4 Å². The molecule has 3 rings (SSSR count). The van der Waals surface area contributed by atoms with Crippen molar-refractivity contribution >= 4 is 5.69 Å². The molecule has 0 saturated carbocycles. The molecule has 6 nitrogen and oxygen atoms in total. The SMILES string of the molecule is C[C@@H]1C[C@@H](n2cc([N+](=O)[O-])cn2)C[C@H](C)N1Cc1ccccc1. The van der Waals surface area contributed by atoms with Gasteiger partial charge < -0.3 is 0 Å². The molecule has 1 aliphatic rings. The minimum Gasteiger partial charge on any atom is -0.294 e. The van der Waals surface area contributed by atoms with E-state index < -0.39 is 0 Å². The van der Waals surface area contributed by atoms with Crippen LogP contribution >= 0.6 is 0 Å². The van der Waals surface area contributed by atoms with Gasteiger partial charge in [0.1, 0.15) is 12.4 Å². The minimum absolute atomic E-state index is 0.0667. The molecule has 0 N–H and O–H groups in total. The number of likely N-dealkylation sites (tertiary alicyclic amines) is 1. The minimum atomic E-state index is -0.388. The summed E-state index contributed by atoms with van der Waals surface area (Å²) >= 11 is 0. The second-order valence-electron chi connectivity index (χ2n) is 6.42. The van der Waals surface area contributed by atoms with E-state index in [2.05, 4.69) is 48.1 Å². The van der Waals surface area contributed by atoms with Gasteiger partial charge in [-0.15, -0.1) is 0 Å². The highest BCUT2D eigenvalue weighted by molar-refractivity contribution is 5.21. The standard InChI is InChI=1S/C17H22N4O2/c1-13-8-16(20-12-17(10-18-20)21(22)23)9-14(2)19(13)11-15-6-4-3-5-7-15/h3-7,10,12-14,16H,8-9,11H2,1-2H3/t13-,14+,16-. The van der Waals surface area contributed by atoms with Gasteiger partial charge in [0.2, 0.25) is 0 Å². The van der Waals surface area contributed by atoms with Crippen molar-refractivity contribution in [3.63, 3.8) is 0 Å².